The van der Waals surface area contributed by atoms with Gasteiger partial charge in [-0.05, 0) is 62.0 Å². The molecule has 1 spiro atoms. The van der Waals surface area contributed by atoms with Gasteiger partial charge in [-0.3, -0.25) is 4.79 Å². The Morgan fingerprint density at radius 2 is 2.06 bits per heavy atom. The van der Waals surface area contributed by atoms with Gasteiger partial charge in [-0.25, -0.2) is 14.8 Å². The lowest BCUT2D eigenvalue weighted by Gasteiger charge is -2.60. The fourth-order valence-electron chi connectivity index (χ4n) is 6.38. The first kappa shape index (κ1) is 22.2. The molecular formula is C24H33FN2O5. The smallest absolute Gasteiger partial charge is 0.220 e. The molecule has 1 aromatic heterocycles. The summed E-state index contributed by atoms with van der Waals surface area (Å²) in [5.74, 6) is -0.0160. The van der Waals surface area contributed by atoms with Gasteiger partial charge < -0.3 is 14.8 Å². The van der Waals surface area contributed by atoms with Gasteiger partial charge in [0.25, 0.3) is 0 Å². The monoisotopic (exact) mass is 448 g/mol. The van der Waals surface area contributed by atoms with Crippen LogP contribution < -0.4 is 5.32 Å². The van der Waals surface area contributed by atoms with Crippen molar-refractivity contribution in [3.63, 3.8) is 0 Å². The van der Waals surface area contributed by atoms with Crippen LogP contribution in [0.15, 0.2) is 18.3 Å². The highest BCUT2D eigenvalue weighted by Gasteiger charge is 2.69. The number of hydrogen-bond donors (Lipinski definition) is 1. The van der Waals surface area contributed by atoms with E-state index in [4.69, 9.17) is 19.2 Å². The minimum atomic E-state index is -0.788. The van der Waals surface area contributed by atoms with E-state index in [2.05, 4.69) is 24.1 Å². The number of hydrogen-bond acceptors (Lipinski definition) is 6. The molecule has 8 atom stereocenters. The Morgan fingerprint density at radius 1 is 1.22 bits per heavy atom. The number of rotatable bonds is 5. The van der Waals surface area contributed by atoms with Gasteiger partial charge in [0.2, 0.25) is 17.6 Å². The molecule has 32 heavy (non-hydrogen) atoms. The Balaban J connectivity index is 1.25. The predicted octanol–water partition coefficient (Wildman–Crippen LogP) is 3.87. The van der Waals surface area contributed by atoms with Gasteiger partial charge in [0, 0.05) is 31.5 Å². The molecular weight excluding hydrogens is 415 g/mol. The zero-order valence-electron chi connectivity index (χ0n) is 19.0. The van der Waals surface area contributed by atoms with Gasteiger partial charge in [0.1, 0.15) is 0 Å². The third-order valence-corrected chi connectivity index (χ3v) is 8.23. The first-order valence-corrected chi connectivity index (χ1v) is 11.9. The second-order valence-corrected chi connectivity index (χ2v) is 10.2. The fourth-order valence-corrected chi connectivity index (χ4v) is 6.38. The maximum atomic E-state index is 12.9. The lowest BCUT2D eigenvalue weighted by Crippen LogP contribution is -2.70. The molecule has 6 rings (SSSR count). The van der Waals surface area contributed by atoms with Crippen molar-refractivity contribution in [3.05, 3.63) is 29.8 Å². The van der Waals surface area contributed by atoms with Crippen LogP contribution in [-0.4, -0.2) is 34.7 Å². The summed E-state index contributed by atoms with van der Waals surface area (Å²) in [6, 6.07) is 2.91. The fraction of sp³-hybridized carbons (Fsp3) is 0.750. The van der Waals surface area contributed by atoms with Crippen molar-refractivity contribution in [3.8, 4) is 0 Å². The van der Waals surface area contributed by atoms with E-state index >= 15 is 0 Å². The molecule has 4 saturated heterocycles. The number of ether oxygens (including phenoxy) is 2. The Labute approximate surface area is 188 Å². The topological polar surface area (TPSA) is 78.9 Å². The van der Waals surface area contributed by atoms with Crippen LogP contribution in [0.5, 0.6) is 0 Å². The summed E-state index contributed by atoms with van der Waals surface area (Å²) in [6.45, 7) is 6.76. The third kappa shape index (κ3) is 3.75. The Morgan fingerprint density at radius 3 is 2.84 bits per heavy atom. The van der Waals surface area contributed by atoms with E-state index in [9.17, 15) is 9.18 Å². The normalized spacial score (nSPS) is 42.8. The molecule has 1 aliphatic carbocycles. The minimum Gasteiger partial charge on any atom is -0.352 e. The van der Waals surface area contributed by atoms with Crippen LogP contribution in [0.4, 0.5) is 4.39 Å². The van der Waals surface area contributed by atoms with Gasteiger partial charge in [0.05, 0.1) is 6.10 Å². The highest BCUT2D eigenvalue weighted by atomic mass is 19.1. The van der Waals surface area contributed by atoms with E-state index in [1.165, 1.54) is 12.3 Å². The molecule has 0 aromatic carbocycles. The SMILES string of the molecule is C[C@H]1[C@@H](CCC(=O)NCc2ccc(F)nc2)O[C@@H]2OC3(C)CC[C@H]4[C@H](C)CC[C@@H]1[C@@]24OO3. The van der Waals surface area contributed by atoms with Crippen molar-refractivity contribution >= 4 is 5.91 Å². The summed E-state index contributed by atoms with van der Waals surface area (Å²) in [7, 11) is 0. The largest absolute Gasteiger partial charge is 0.352 e. The summed E-state index contributed by atoms with van der Waals surface area (Å²) in [5, 5.41) is 2.89. The van der Waals surface area contributed by atoms with Crippen LogP contribution in [0, 0.1) is 29.6 Å². The van der Waals surface area contributed by atoms with Crippen molar-refractivity contribution in [1.29, 1.82) is 0 Å². The quantitative estimate of drug-likeness (QED) is 0.544. The van der Waals surface area contributed by atoms with Crippen molar-refractivity contribution < 1.29 is 28.4 Å². The van der Waals surface area contributed by atoms with Crippen LogP contribution in [0.3, 0.4) is 0 Å². The second kappa shape index (κ2) is 8.31. The lowest BCUT2D eigenvalue weighted by molar-refractivity contribution is -0.571. The van der Waals surface area contributed by atoms with Crippen molar-refractivity contribution in [2.75, 3.05) is 0 Å². The Kier molecular flexibility index (Phi) is 5.76. The molecule has 176 valence electrons. The summed E-state index contributed by atoms with van der Waals surface area (Å²) in [4.78, 5) is 28.1. The van der Waals surface area contributed by atoms with Crippen LogP contribution in [0.1, 0.15) is 64.9 Å². The average Bonchev–Trinajstić information content (AvgIpc) is 3.01. The number of carbonyl (C=O) groups excluding carboxylic acids is 1. The van der Waals surface area contributed by atoms with E-state index in [0.717, 1.165) is 31.2 Å². The van der Waals surface area contributed by atoms with E-state index in [0.29, 0.717) is 31.2 Å². The number of aromatic nitrogens is 1. The summed E-state index contributed by atoms with van der Waals surface area (Å²) < 4.78 is 25.8. The first-order valence-electron chi connectivity index (χ1n) is 11.9. The summed E-state index contributed by atoms with van der Waals surface area (Å²) in [6.07, 6.45) is 5.83. The molecule has 5 heterocycles. The Bertz CT molecular complexity index is 853. The average molecular weight is 449 g/mol. The number of fused-ring (bicyclic) bond motifs is 2. The lowest BCUT2D eigenvalue weighted by atomic mass is 9.57. The summed E-state index contributed by atoms with van der Waals surface area (Å²) >= 11 is 0. The number of nitrogens with one attached hydrogen (secondary N) is 1. The van der Waals surface area contributed by atoms with Gasteiger partial charge in [-0.2, -0.15) is 4.39 Å². The van der Waals surface area contributed by atoms with Crippen LogP contribution >= 0.6 is 0 Å². The molecule has 0 radical (unpaired) electrons. The van der Waals surface area contributed by atoms with Crippen molar-refractivity contribution in [2.45, 2.75) is 89.6 Å². The summed E-state index contributed by atoms with van der Waals surface area (Å²) in [5.41, 5.74) is 0.196. The van der Waals surface area contributed by atoms with Crippen molar-refractivity contribution in [2.24, 2.45) is 23.7 Å². The molecule has 1 amide bonds. The molecule has 8 heteroatoms. The third-order valence-electron chi connectivity index (χ3n) is 8.23. The molecule has 1 aromatic rings. The number of carbonyl (C=O) groups is 1. The molecule has 1 saturated carbocycles. The predicted molar refractivity (Wildman–Crippen MR) is 112 cm³/mol. The number of halogens is 1. The maximum Gasteiger partial charge on any atom is 0.220 e. The highest BCUT2D eigenvalue weighted by molar-refractivity contribution is 5.75. The van der Waals surface area contributed by atoms with Gasteiger partial charge >= 0.3 is 0 Å². The van der Waals surface area contributed by atoms with Crippen LogP contribution in [0.25, 0.3) is 0 Å². The second-order valence-electron chi connectivity index (χ2n) is 10.2. The van der Waals surface area contributed by atoms with Crippen LogP contribution in [-0.2, 0) is 30.6 Å². The highest BCUT2D eigenvalue weighted by Crippen LogP contribution is 2.60. The van der Waals surface area contributed by atoms with Crippen LogP contribution in [0.2, 0.25) is 0 Å². The van der Waals surface area contributed by atoms with E-state index in [-0.39, 0.29) is 23.8 Å². The van der Waals surface area contributed by atoms with E-state index < -0.39 is 23.6 Å². The minimum absolute atomic E-state index is 0.0598. The van der Waals surface area contributed by atoms with Gasteiger partial charge in [-0.1, -0.05) is 19.9 Å². The van der Waals surface area contributed by atoms with Gasteiger partial charge in [-0.15, -0.1) is 0 Å². The van der Waals surface area contributed by atoms with Gasteiger partial charge in [0.15, 0.2) is 11.9 Å². The molecule has 4 aliphatic heterocycles. The zero-order valence-corrected chi connectivity index (χ0v) is 19.0. The number of nitrogens with zero attached hydrogens (tertiary/aromatic N) is 1. The van der Waals surface area contributed by atoms with E-state index in [1.807, 2.05) is 6.92 Å². The molecule has 5 fully saturated rings. The standard InChI is InChI=1S/C24H33FN2O5/c1-14-4-6-18-15(2)19(7-9-21(28)27-13-16-5-8-20(25)26-12-16)29-22-24(18)17(14)10-11-23(3,30-22)31-32-24/h5,8,12,14-15,17-19,22H,4,6-7,9-11,13H2,1-3H3,(H,27,28)/t14-,15-,17+,18+,19-,22-,23?,24-/m1/s1. The molecule has 7 nitrogen and oxygen atoms in total. The zero-order chi connectivity index (χ0) is 22.5. The number of pyridine rings is 1. The number of amides is 1. The molecule has 1 N–H and O–H groups in total. The van der Waals surface area contributed by atoms with Crippen molar-refractivity contribution in [1.82, 2.24) is 10.3 Å². The van der Waals surface area contributed by atoms with E-state index in [1.54, 1.807) is 6.07 Å². The molecule has 2 bridgehead atoms. The molecule has 1 unspecified atom stereocenters. The maximum absolute atomic E-state index is 12.9. The first-order chi connectivity index (χ1) is 15.3. The molecule has 5 aliphatic rings. The Hall–Kier alpha value is -1.61.